The van der Waals surface area contributed by atoms with Crippen molar-refractivity contribution >= 4 is 32.4 Å². The maximum atomic E-state index is 5.38. The summed E-state index contributed by atoms with van der Waals surface area (Å²) >= 11 is 0. The average Bonchev–Trinajstić information content (AvgIpc) is 3.26. The molecule has 0 N–H and O–H groups in total. The number of rotatable bonds is 6. The van der Waals surface area contributed by atoms with E-state index in [1.165, 1.54) is 16.2 Å². The van der Waals surface area contributed by atoms with Gasteiger partial charge < -0.3 is 0 Å². The number of pyridine rings is 2. The number of benzene rings is 7. The lowest BCUT2D eigenvalue weighted by molar-refractivity contribution is 1.18. The number of aromatic nitrogens is 4. The monoisotopic (exact) mass is 688 g/mol. The zero-order chi connectivity index (χ0) is 35.8. The maximum Gasteiger partial charge on any atom is 0.160 e. The molecule has 0 saturated carbocycles. The first-order valence-electron chi connectivity index (χ1n) is 18.1. The van der Waals surface area contributed by atoms with Crippen molar-refractivity contribution in [3.63, 3.8) is 0 Å². The zero-order valence-electron chi connectivity index (χ0n) is 29.3. The van der Waals surface area contributed by atoms with Gasteiger partial charge in [0.25, 0.3) is 0 Å². The highest BCUT2D eigenvalue weighted by Gasteiger charge is 2.17. The van der Waals surface area contributed by atoms with Crippen LogP contribution in [0.3, 0.4) is 0 Å². The molecule has 0 aliphatic carbocycles. The Morgan fingerprint density at radius 3 is 1.61 bits per heavy atom. The van der Waals surface area contributed by atoms with Gasteiger partial charge in [0.05, 0.1) is 22.6 Å². The topological polar surface area (TPSA) is 51.6 Å². The van der Waals surface area contributed by atoms with E-state index in [0.717, 1.165) is 77.9 Å². The molecule has 0 unspecified atom stereocenters. The first kappa shape index (κ1) is 31.4. The van der Waals surface area contributed by atoms with Gasteiger partial charge in [0.1, 0.15) is 0 Å². The third-order valence-corrected chi connectivity index (χ3v) is 10.1. The van der Waals surface area contributed by atoms with Gasteiger partial charge in [-0.3, -0.25) is 4.98 Å². The quantitative estimate of drug-likeness (QED) is 0.163. The number of hydrogen-bond donors (Lipinski definition) is 0. The molecule has 7 aromatic carbocycles. The summed E-state index contributed by atoms with van der Waals surface area (Å²) in [4.78, 5) is 20.2. The first-order chi connectivity index (χ1) is 26.7. The van der Waals surface area contributed by atoms with E-state index in [9.17, 15) is 0 Å². The molecule has 0 spiro atoms. The first-order valence-corrected chi connectivity index (χ1v) is 18.1. The van der Waals surface area contributed by atoms with Crippen LogP contribution in [-0.4, -0.2) is 19.9 Å². The largest absolute Gasteiger partial charge is 0.264 e. The summed E-state index contributed by atoms with van der Waals surface area (Å²) in [7, 11) is 0. The lowest BCUT2D eigenvalue weighted by atomic mass is 9.92. The summed E-state index contributed by atoms with van der Waals surface area (Å²) in [5.74, 6) is 0.657. The van der Waals surface area contributed by atoms with Crippen molar-refractivity contribution in [1.29, 1.82) is 0 Å². The van der Waals surface area contributed by atoms with Crippen molar-refractivity contribution in [3.05, 3.63) is 194 Å². The van der Waals surface area contributed by atoms with Crippen LogP contribution < -0.4 is 0 Å². The smallest absolute Gasteiger partial charge is 0.160 e. The van der Waals surface area contributed by atoms with E-state index in [0.29, 0.717) is 5.82 Å². The predicted octanol–water partition coefficient (Wildman–Crippen LogP) is 12.7. The Hall–Kier alpha value is -7.30. The van der Waals surface area contributed by atoms with Crippen molar-refractivity contribution in [2.75, 3.05) is 0 Å². The van der Waals surface area contributed by atoms with Crippen LogP contribution in [0.25, 0.3) is 99.9 Å². The van der Waals surface area contributed by atoms with E-state index in [1.54, 1.807) is 6.20 Å². The van der Waals surface area contributed by atoms with Crippen LogP contribution in [0.2, 0.25) is 0 Å². The van der Waals surface area contributed by atoms with Gasteiger partial charge in [-0.15, -0.1) is 0 Å². The molecule has 0 fully saturated rings. The minimum absolute atomic E-state index is 0.657. The molecule has 10 aromatic rings. The van der Waals surface area contributed by atoms with Gasteiger partial charge in [0.15, 0.2) is 5.82 Å². The summed E-state index contributed by atoms with van der Waals surface area (Å²) < 4.78 is 0. The van der Waals surface area contributed by atoms with E-state index in [4.69, 9.17) is 15.0 Å². The molecule has 0 bridgehead atoms. The Balaban J connectivity index is 1.21. The highest BCUT2D eigenvalue weighted by molar-refractivity contribution is 6.22. The molecule has 0 aliphatic rings. The Kier molecular flexibility index (Phi) is 7.77. The predicted molar refractivity (Wildman–Crippen MR) is 223 cm³/mol. The molecule has 0 atom stereocenters. The van der Waals surface area contributed by atoms with Crippen LogP contribution in [0.4, 0.5) is 0 Å². The number of hydrogen-bond acceptors (Lipinski definition) is 4. The van der Waals surface area contributed by atoms with Crippen molar-refractivity contribution in [1.82, 2.24) is 19.9 Å². The summed E-state index contributed by atoms with van der Waals surface area (Å²) in [6.45, 7) is 0. The molecule has 252 valence electrons. The molecule has 10 rings (SSSR count). The lowest BCUT2D eigenvalue weighted by Crippen LogP contribution is -1.97. The van der Waals surface area contributed by atoms with E-state index < -0.39 is 0 Å². The fourth-order valence-electron chi connectivity index (χ4n) is 7.48. The van der Waals surface area contributed by atoms with E-state index >= 15 is 0 Å². The third kappa shape index (κ3) is 5.76. The Morgan fingerprint density at radius 1 is 0.333 bits per heavy atom. The molecule has 4 heteroatoms. The molecule has 0 radical (unpaired) electrons. The van der Waals surface area contributed by atoms with Crippen molar-refractivity contribution < 1.29 is 0 Å². The van der Waals surface area contributed by atoms with Gasteiger partial charge in [-0.2, -0.15) is 0 Å². The molecule has 3 aromatic heterocycles. The molecular weight excluding hydrogens is 657 g/mol. The van der Waals surface area contributed by atoms with Crippen LogP contribution in [-0.2, 0) is 0 Å². The molecule has 0 amide bonds. The summed E-state index contributed by atoms with van der Waals surface area (Å²) in [6.07, 6.45) is 3.71. The second kappa shape index (κ2) is 13.4. The van der Waals surface area contributed by atoms with Crippen molar-refractivity contribution in [2.24, 2.45) is 0 Å². The van der Waals surface area contributed by atoms with E-state index in [1.807, 2.05) is 48.7 Å². The van der Waals surface area contributed by atoms with Crippen LogP contribution in [0.5, 0.6) is 0 Å². The average molecular weight is 689 g/mol. The van der Waals surface area contributed by atoms with E-state index in [2.05, 4.69) is 145 Å². The number of fused-ring (bicyclic) bond motifs is 5. The van der Waals surface area contributed by atoms with Crippen LogP contribution in [0, 0.1) is 0 Å². The Labute approximate surface area is 313 Å². The fraction of sp³-hybridized carbons (Fsp3) is 0. The van der Waals surface area contributed by atoms with Crippen LogP contribution >= 0.6 is 0 Å². The molecule has 0 aliphatic heterocycles. The summed E-state index contributed by atoms with van der Waals surface area (Å²) in [5, 5.41) is 5.92. The van der Waals surface area contributed by atoms with Gasteiger partial charge in [0.2, 0.25) is 0 Å². The summed E-state index contributed by atoms with van der Waals surface area (Å²) in [6, 6.07) is 63.6. The minimum atomic E-state index is 0.657. The third-order valence-electron chi connectivity index (χ3n) is 10.1. The lowest BCUT2D eigenvalue weighted by Gasteiger charge is -2.15. The van der Waals surface area contributed by atoms with Gasteiger partial charge >= 0.3 is 0 Å². The van der Waals surface area contributed by atoms with Crippen LogP contribution in [0.1, 0.15) is 0 Å². The van der Waals surface area contributed by atoms with Gasteiger partial charge in [-0.1, -0.05) is 146 Å². The normalized spacial score (nSPS) is 11.3. The molecule has 0 saturated heterocycles. The van der Waals surface area contributed by atoms with Crippen molar-refractivity contribution in [2.45, 2.75) is 0 Å². The number of nitrogens with zero attached hydrogens (tertiary/aromatic N) is 4. The fourth-order valence-corrected chi connectivity index (χ4v) is 7.48. The Morgan fingerprint density at radius 2 is 0.926 bits per heavy atom. The van der Waals surface area contributed by atoms with Crippen molar-refractivity contribution in [3.8, 4) is 67.4 Å². The molecular formula is C50H32N4. The highest BCUT2D eigenvalue weighted by Crippen LogP contribution is 2.40. The molecule has 54 heavy (non-hydrogen) atoms. The standard InChI is InChI=1S/C50H32N4/c1-4-14-34(15-5-1)45-31-46(35-16-6-2-7-17-35)54-50(53-45)41-28-39(27-40(29-41)38-20-12-26-51-32-38)37-23-24-43-47(30-37)52-49(36-18-8-3-9-19-36)44-25-22-33-13-10-11-21-42(33)48(43)44/h1-32H. The molecule has 3 heterocycles. The van der Waals surface area contributed by atoms with E-state index in [-0.39, 0.29) is 0 Å². The SMILES string of the molecule is c1ccc(-c2cc(-c3ccccc3)nc(-c3cc(-c4cccnc4)cc(-c4ccc5c(c4)nc(-c4ccccc4)c4ccc6ccccc6c45)c3)n2)cc1. The zero-order valence-corrected chi connectivity index (χ0v) is 29.3. The maximum absolute atomic E-state index is 5.38. The summed E-state index contributed by atoms with van der Waals surface area (Å²) in [5.41, 5.74) is 11.9. The van der Waals surface area contributed by atoms with Gasteiger partial charge in [0, 0.05) is 56.4 Å². The van der Waals surface area contributed by atoms with Gasteiger partial charge in [-0.25, -0.2) is 15.0 Å². The van der Waals surface area contributed by atoms with Crippen LogP contribution in [0.15, 0.2) is 194 Å². The molecule has 4 nitrogen and oxygen atoms in total. The second-order valence-electron chi connectivity index (χ2n) is 13.5. The minimum Gasteiger partial charge on any atom is -0.264 e. The highest BCUT2D eigenvalue weighted by atomic mass is 14.9. The van der Waals surface area contributed by atoms with Gasteiger partial charge in [-0.05, 0) is 63.9 Å². The Bertz CT molecular complexity index is 2910. The second-order valence-corrected chi connectivity index (χ2v) is 13.5.